The molecule has 1 aliphatic rings. The van der Waals surface area contributed by atoms with Crippen LogP contribution in [-0.4, -0.2) is 51.1 Å². The molecular weight excluding hydrogens is 325 g/mol. The smallest absolute Gasteiger partial charge is 0.191 e. The zero-order valence-corrected chi connectivity index (χ0v) is 15.0. The molecule has 1 unspecified atom stereocenters. The number of guanidine groups is 1. The van der Waals surface area contributed by atoms with Gasteiger partial charge in [0.05, 0.1) is 13.2 Å². The molecule has 6 nitrogen and oxygen atoms in total. The number of nitrogens with zero attached hydrogens (tertiary/aromatic N) is 1. The molecule has 1 saturated heterocycles. The Bertz CT molecular complexity index is 575. The van der Waals surface area contributed by atoms with Gasteiger partial charge in [-0.25, -0.2) is 4.39 Å². The van der Waals surface area contributed by atoms with Crippen LogP contribution >= 0.6 is 0 Å². The SMILES string of the molecule is CCOc1ccc(CNC(=NC)NCC2(CCO)CCOC2)cc1F. The summed E-state index contributed by atoms with van der Waals surface area (Å²) < 4.78 is 24.6. The molecule has 7 heteroatoms. The van der Waals surface area contributed by atoms with Gasteiger partial charge in [0.2, 0.25) is 0 Å². The maximum Gasteiger partial charge on any atom is 0.191 e. The van der Waals surface area contributed by atoms with Crippen LogP contribution in [0, 0.1) is 11.2 Å². The lowest BCUT2D eigenvalue weighted by Gasteiger charge is -2.27. The Morgan fingerprint density at radius 2 is 2.28 bits per heavy atom. The fraction of sp³-hybridized carbons (Fsp3) is 0.611. The van der Waals surface area contributed by atoms with Crippen molar-refractivity contribution >= 4 is 5.96 Å². The molecule has 140 valence electrons. The number of aliphatic hydroxyl groups excluding tert-OH is 1. The Hall–Kier alpha value is -1.86. The number of aliphatic hydroxyl groups is 1. The number of aliphatic imine (C=N–C) groups is 1. The summed E-state index contributed by atoms with van der Waals surface area (Å²) >= 11 is 0. The van der Waals surface area contributed by atoms with Gasteiger partial charge in [-0.05, 0) is 37.5 Å². The van der Waals surface area contributed by atoms with E-state index in [4.69, 9.17) is 9.47 Å². The molecule has 1 aromatic rings. The van der Waals surface area contributed by atoms with Crippen LogP contribution in [-0.2, 0) is 11.3 Å². The van der Waals surface area contributed by atoms with E-state index in [1.165, 1.54) is 6.07 Å². The van der Waals surface area contributed by atoms with Gasteiger partial charge in [0.25, 0.3) is 0 Å². The van der Waals surface area contributed by atoms with Crippen molar-refractivity contribution in [1.29, 1.82) is 0 Å². The third-order valence-electron chi connectivity index (χ3n) is 4.44. The van der Waals surface area contributed by atoms with Crippen LogP contribution in [0.3, 0.4) is 0 Å². The Balaban J connectivity index is 1.87. The number of nitrogens with one attached hydrogen (secondary N) is 2. The van der Waals surface area contributed by atoms with Crippen molar-refractivity contribution in [3.05, 3.63) is 29.6 Å². The average molecular weight is 353 g/mol. The molecule has 1 aromatic carbocycles. The highest BCUT2D eigenvalue weighted by Crippen LogP contribution is 2.31. The molecule has 3 N–H and O–H groups in total. The lowest BCUT2D eigenvalue weighted by molar-refractivity contribution is 0.127. The summed E-state index contributed by atoms with van der Waals surface area (Å²) in [5.41, 5.74) is 0.746. The molecule has 1 heterocycles. The van der Waals surface area contributed by atoms with Crippen molar-refractivity contribution in [2.75, 3.05) is 40.0 Å². The van der Waals surface area contributed by atoms with Crippen LogP contribution in [0.15, 0.2) is 23.2 Å². The quantitative estimate of drug-likeness (QED) is 0.490. The average Bonchev–Trinajstić information content (AvgIpc) is 3.06. The second-order valence-electron chi connectivity index (χ2n) is 6.25. The Labute approximate surface area is 148 Å². The van der Waals surface area contributed by atoms with Crippen LogP contribution in [0.1, 0.15) is 25.3 Å². The summed E-state index contributed by atoms with van der Waals surface area (Å²) in [7, 11) is 1.69. The fourth-order valence-corrected chi connectivity index (χ4v) is 2.92. The molecule has 0 saturated carbocycles. The lowest BCUT2D eigenvalue weighted by atomic mass is 9.84. The van der Waals surface area contributed by atoms with E-state index < -0.39 is 0 Å². The standard InChI is InChI=1S/C18H28FN3O3/c1-3-25-16-5-4-14(10-15(16)19)11-21-17(20-2)22-12-18(6-8-23)7-9-24-13-18/h4-5,10,23H,3,6-9,11-13H2,1-2H3,(H2,20,21,22). The fourth-order valence-electron chi connectivity index (χ4n) is 2.92. The predicted octanol–water partition coefficient (Wildman–Crippen LogP) is 1.68. The normalized spacial score (nSPS) is 20.6. The molecule has 1 atom stereocenters. The van der Waals surface area contributed by atoms with Gasteiger partial charge in [-0.15, -0.1) is 0 Å². The second-order valence-corrected chi connectivity index (χ2v) is 6.25. The minimum atomic E-state index is -0.367. The third-order valence-corrected chi connectivity index (χ3v) is 4.44. The van der Waals surface area contributed by atoms with Gasteiger partial charge in [0, 0.05) is 38.8 Å². The second kappa shape index (κ2) is 9.58. The molecule has 0 bridgehead atoms. The third kappa shape index (κ3) is 5.57. The zero-order valence-electron chi connectivity index (χ0n) is 15.0. The molecule has 1 aliphatic heterocycles. The largest absolute Gasteiger partial charge is 0.491 e. The summed E-state index contributed by atoms with van der Waals surface area (Å²) in [5.74, 6) is 0.536. The minimum Gasteiger partial charge on any atom is -0.491 e. The Kier molecular flexibility index (Phi) is 7.46. The van der Waals surface area contributed by atoms with Gasteiger partial charge in [-0.1, -0.05) is 6.07 Å². The predicted molar refractivity (Wildman–Crippen MR) is 95.3 cm³/mol. The highest BCUT2D eigenvalue weighted by Gasteiger charge is 2.34. The van der Waals surface area contributed by atoms with Gasteiger partial charge < -0.3 is 25.2 Å². The number of benzene rings is 1. The summed E-state index contributed by atoms with van der Waals surface area (Å²) in [5, 5.41) is 15.7. The van der Waals surface area contributed by atoms with Crippen LogP contribution in [0.5, 0.6) is 5.75 Å². The molecule has 0 spiro atoms. The van der Waals surface area contributed by atoms with E-state index in [-0.39, 0.29) is 23.6 Å². The number of ether oxygens (including phenoxy) is 2. The van der Waals surface area contributed by atoms with E-state index in [0.29, 0.717) is 38.7 Å². The van der Waals surface area contributed by atoms with E-state index in [0.717, 1.165) is 18.6 Å². The first-order valence-electron chi connectivity index (χ1n) is 8.67. The van der Waals surface area contributed by atoms with Crippen LogP contribution < -0.4 is 15.4 Å². The first-order valence-corrected chi connectivity index (χ1v) is 8.67. The van der Waals surface area contributed by atoms with Crippen molar-refractivity contribution in [2.45, 2.75) is 26.3 Å². The van der Waals surface area contributed by atoms with Crippen LogP contribution in [0.25, 0.3) is 0 Å². The highest BCUT2D eigenvalue weighted by atomic mass is 19.1. The van der Waals surface area contributed by atoms with Gasteiger partial charge in [-0.3, -0.25) is 4.99 Å². The van der Waals surface area contributed by atoms with Gasteiger partial charge >= 0.3 is 0 Å². The molecule has 1 fully saturated rings. The molecule has 0 aromatic heterocycles. The van der Waals surface area contributed by atoms with Crippen molar-refractivity contribution in [1.82, 2.24) is 10.6 Å². The van der Waals surface area contributed by atoms with Crippen molar-refractivity contribution < 1.29 is 19.0 Å². The monoisotopic (exact) mass is 353 g/mol. The number of halogens is 1. The van der Waals surface area contributed by atoms with Crippen molar-refractivity contribution in [2.24, 2.45) is 10.4 Å². The van der Waals surface area contributed by atoms with E-state index in [2.05, 4.69) is 15.6 Å². The Morgan fingerprint density at radius 3 is 2.88 bits per heavy atom. The Morgan fingerprint density at radius 1 is 1.44 bits per heavy atom. The highest BCUT2D eigenvalue weighted by molar-refractivity contribution is 5.79. The van der Waals surface area contributed by atoms with Crippen molar-refractivity contribution in [3.63, 3.8) is 0 Å². The first kappa shape index (κ1) is 19.5. The van der Waals surface area contributed by atoms with Gasteiger partial charge in [0.15, 0.2) is 17.5 Å². The molecule has 25 heavy (non-hydrogen) atoms. The zero-order chi connectivity index (χ0) is 18.1. The topological polar surface area (TPSA) is 75.1 Å². The molecule has 0 aliphatic carbocycles. The maximum atomic E-state index is 13.9. The summed E-state index contributed by atoms with van der Waals surface area (Å²) in [6.45, 7) is 4.88. The van der Waals surface area contributed by atoms with Gasteiger partial charge in [0.1, 0.15) is 0 Å². The summed E-state index contributed by atoms with van der Waals surface area (Å²) in [6, 6.07) is 4.92. The lowest BCUT2D eigenvalue weighted by Crippen LogP contribution is -2.44. The summed E-state index contributed by atoms with van der Waals surface area (Å²) in [6.07, 6.45) is 1.61. The molecule has 2 rings (SSSR count). The number of hydrogen-bond donors (Lipinski definition) is 3. The van der Waals surface area contributed by atoms with Crippen molar-refractivity contribution in [3.8, 4) is 5.75 Å². The van der Waals surface area contributed by atoms with E-state index in [9.17, 15) is 9.50 Å². The van der Waals surface area contributed by atoms with E-state index in [1.807, 2.05) is 13.0 Å². The maximum absolute atomic E-state index is 13.9. The first-order chi connectivity index (χ1) is 12.1. The van der Waals surface area contributed by atoms with E-state index in [1.54, 1.807) is 13.1 Å². The van der Waals surface area contributed by atoms with Crippen LogP contribution in [0.2, 0.25) is 0 Å². The number of rotatable bonds is 8. The molecule has 0 amide bonds. The number of hydrogen-bond acceptors (Lipinski definition) is 4. The molecular formula is C18H28FN3O3. The summed E-state index contributed by atoms with van der Waals surface area (Å²) in [4.78, 5) is 4.20. The van der Waals surface area contributed by atoms with E-state index >= 15 is 0 Å². The van der Waals surface area contributed by atoms with Crippen LogP contribution in [0.4, 0.5) is 4.39 Å². The minimum absolute atomic E-state index is 0.0579. The van der Waals surface area contributed by atoms with Gasteiger partial charge in [-0.2, -0.15) is 0 Å². The molecule has 0 radical (unpaired) electrons.